The first-order valence-corrected chi connectivity index (χ1v) is 6.08. The Morgan fingerprint density at radius 1 is 1.58 bits per heavy atom. The molecule has 0 radical (unpaired) electrons. The molecule has 1 rings (SSSR count). The molecule has 0 aliphatic heterocycles. The number of carbonyl (C=O) groups is 1. The molecular formula is C13H19N3O3. The summed E-state index contributed by atoms with van der Waals surface area (Å²) < 4.78 is 0. The van der Waals surface area contributed by atoms with Crippen LogP contribution in [0.4, 0.5) is 5.69 Å². The molecule has 19 heavy (non-hydrogen) atoms. The lowest BCUT2D eigenvalue weighted by molar-refractivity contribution is 0.0690. The fraction of sp³-hybridized carbons (Fsp3) is 0.462. The highest BCUT2D eigenvalue weighted by molar-refractivity contribution is 5.92. The Labute approximate surface area is 112 Å². The maximum Gasteiger partial charge on any atom is 0.356 e. The third-order valence-corrected chi connectivity index (χ3v) is 2.57. The van der Waals surface area contributed by atoms with E-state index in [1.165, 1.54) is 6.20 Å². The summed E-state index contributed by atoms with van der Waals surface area (Å²) in [6, 6.07) is 0. The summed E-state index contributed by atoms with van der Waals surface area (Å²) >= 11 is 0. The van der Waals surface area contributed by atoms with E-state index in [1.54, 1.807) is 11.0 Å². The second-order valence-electron chi connectivity index (χ2n) is 4.38. The van der Waals surface area contributed by atoms with Gasteiger partial charge in [-0.25, -0.2) is 14.8 Å². The van der Waals surface area contributed by atoms with Gasteiger partial charge in [-0.2, -0.15) is 0 Å². The predicted octanol–water partition coefficient (Wildman–Crippen LogP) is 1.28. The van der Waals surface area contributed by atoms with Crippen LogP contribution in [0.1, 0.15) is 36.1 Å². The van der Waals surface area contributed by atoms with Crippen molar-refractivity contribution in [1.29, 1.82) is 0 Å². The van der Waals surface area contributed by atoms with Gasteiger partial charge in [0.15, 0.2) is 5.69 Å². The maximum atomic E-state index is 11.3. The first kappa shape index (κ1) is 15.1. The summed E-state index contributed by atoms with van der Waals surface area (Å²) in [5.41, 5.74) is 0.347. The fourth-order valence-corrected chi connectivity index (χ4v) is 1.64. The van der Waals surface area contributed by atoms with Crippen LogP contribution in [0.15, 0.2) is 18.9 Å². The van der Waals surface area contributed by atoms with E-state index in [9.17, 15) is 9.90 Å². The van der Waals surface area contributed by atoms with Gasteiger partial charge in [0.2, 0.25) is 0 Å². The highest BCUT2D eigenvalue weighted by Crippen LogP contribution is 2.20. The SMILES string of the molecule is C=CCN(CCO)c1cnc(C(C)C)nc1C(=O)O. The Hall–Kier alpha value is -1.95. The van der Waals surface area contributed by atoms with Gasteiger partial charge < -0.3 is 15.1 Å². The van der Waals surface area contributed by atoms with E-state index in [-0.39, 0.29) is 18.2 Å². The Morgan fingerprint density at radius 2 is 2.26 bits per heavy atom. The van der Waals surface area contributed by atoms with Gasteiger partial charge in [-0.3, -0.25) is 0 Å². The van der Waals surface area contributed by atoms with E-state index in [0.29, 0.717) is 24.6 Å². The molecule has 1 aromatic heterocycles. The molecule has 6 nitrogen and oxygen atoms in total. The fourth-order valence-electron chi connectivity index (χ4n) is 1.64. The number of carboxylic acid groups (broad SMARTS) is 1. The van der Waals surface area contributed by atoms with Crippen LogP contribution in [0, 0.1) is 0 Å². The summed E-state index contributed by atoms with van der Waals surface area (Å²) in [7, 11) is 0. The van der Waals surface area contributed by atoms with E-state index in [4.69, 9.17) is 5.11 Å². The predicted molar refractivity (Wildman–Crippen MR) is 72.6 cm³/mol. The van der Waals surface area contributed by atoms with Gasteiger partial charge in [-0.05, 0) is 0 Å². The zero-order valence-electron chi connectivity index (χ0n) is 11.2. The van der Waals surface area contributed by atoms with Crippen LogP contribution < -0.4 is 4.90 Å². The van der Waals surface area contributed by atoms with Gasteiger partial charge in [0, 0.05) is 19.0 Å². The van der Waals surface area contributed by atoms with Crippen LogP contribution in [0.25, 0.3) is 0 Å². The normalized spacial score (nSPS) is 10.5. The first-order chi connectivity index (χ1) is 9.01. The minimum absolute atomic E-state index is 0.0472. The lowest BCUT2D eigenvalue weighted by Crippen LogP contribution is -2.29. The summed E-state index contributed by atoms with van der Waals surface area (Å²) in [6.07, 6.45) is 3.13. The van der Waals surface area contributed by atoms with Crippen molar-refractivity contribution in [3.8, 4) is 0 Å². The van der Waals surface area contributed by atoms with Crippen LogP contribution in [-0.2, 0) is 0 Å². The zero-order chi connectivity index (χ0) is 14.4. The van der Waals surface area contributed by atoms with Gasteiger partial charge in [0.25, 0.3) is 0 Å². The molecule has 0 aliphatic carbocycles. The average molecular weight is 265 g/mol. The summed E-state index contributed by atoms with van der Waals surface area (Å²) in [6.45, 7) is 8.05. The van der Waals surface area contributed by atoms with Crippen molar-refractivity contribution in [1.82, 2.24) is 9.97 Å². The molecule has 0 amide bonds. The molecule has 0 saturated heterocycles. The molecule has 0 aliphatic rings. The number of rotatable bonds is 7. The molecule has 2 N–H and O–H groups in total. The van der Waals surface area contributed by atoms with Gasteiger partial charge in [0.05, 0.1) is 18.5 Å². The standard InChI is InChI=1S/C13H19N3O3/c1-4-5-16(6-7-17)10-8-14-12(9(2)3)15-11(10)13(18)19/h4,8-9,17H,1,5-7H2,2-3H3,(H,18,19). The Balaban J connectivity index is 3.24. The largest absolute Gasteiger partial charge is 0.476 e. The van der Waals surface area contributed by atoms with E-state index < -0.39 is 5.97 Å². The van der Waals surface area contributed by atoms with E-state index >= 15 is 0 Å². The topological polar surface area (TPSA) is 86.5 Å². The molecule has 0 fully saturated rings. The second-order valence-corrected chi connectivity index (χ2v) is 4.38. The number of hydrogen-bond donors (Lipinski definition) is 2. The number of anilines is 1. The number of nitrogens with zero attached hydrogens (tertiary/aromatic N) is 3. The quantitative estimate of drug-likeness (QED) is 0.722. The van der Waals surface area contributed by atoms with Gasteiger partial charge >= 0.3 is 5.97 Å². The molecule has 0 atom stereocenters. The summed E-state index contributed by atoms with van der Waals surface area (Å²) in [5, 5.41) is 18.3. The van der Waals surface area contributed by atoms with Crippen LogP contribution >= 0.6 is 0 Å². The number of aromatic carboxylic acids is 1. The number of hydrogen-bond acceptors (Lipinski definition) is 5. The highest BCUT2D eigenvalue weighted by Gasteiger charge is 2.19. The average Bonchev–Trinajstić information content (AvgIpc) is 2.37. The van der Waals surface area contributed by atoms with Crippen molar-refractivity contribution in [2.45, 2.75) is 19.8 Å². The number of aromatic nitrogens is 2. The van der Waals surface area contributed by atoms with Crippen molar-refractivity contribution in [3.63, 3.8) is 0 Å². The van der Waals surface area contributed by atoms with Crippen molar-refractivity contribution >= 4 is 11.7 Å². The number of carboxylic acids is 1. The molecule has 0 spiro atoms. The Bertz CT molecular complexity index is 460. The Morgan fingerprint density at radius 3 is 2.74 bits per heavy atom. The van der Waals surface area contributed by atoms with Gasteiger partial charge in [-0.1, -0.05) is 19.9 Å². The zero-order valence-corrected chi connectivity index (χ0v) is 11.2. The van der Waals surface area contributed by atoms with Crippen LogP contribution in [0.5, 0.6) is 0 Å². The van der Waals surface area contributed by atoms with Crippen molar-refractivity contribution in [2.75, 3.05) is 24.6 Å². The van der Waals surface area contributed by atoms with E-state index in [1.807, 2.05) is 13.8 Å². The Kier molecular flexibility index (Phi) is 5.44. The number of aliphatic hydroxyl groups excluding tert-OH is 1. The lowest BCUT2D eigenvalue weighted by Gasteiger charge is -2.23. The van der Waals surface area contributed by atoms with Crippen molar-refractivity contribution in [3.05, 3.63) is 30.4 Å². The minimum Gasteiger partial charge on any atom is -0.476 e. The van der Waals surface area contributed by atoms with Crippen LogP contribution in [-0.4, -0.2) is 45.8 Å². The summed E-state index contributed by atoms with van der Waals surface area (Å²) in [5.74, 6) is -0.562. The molecule has 104 valence electrons. The molecular weight excluding hydrogens is 246 g/mol. The second kappa shape index (κ2) is 6.84. The first-order valence-electron chi connectivity index (χ1n) is 6.08. The molecule has 6 heteroatoms. The molecule has 0 bridgehead atoms. The minimum atomic E-state index is -1.11. The molecule has 0 aromatic carbocycles. The molecule has 0 unspecified atom stereocenters. The monoisotopic (exact) mass is 265 g/mol. The summed E-state index contributed by atoms with van der Waals surface area (Å²) in [4.78, 5) is 21.2. The lowest BCUT2D eigenvalue weighted by atomic mass is 10.2. The number of aliphatic hydroxyl groups is 1. The maximum absolute atomic E-state index is 11.3. The van der Waals surface area contributed by atoms with Crippen LogP contribution in [0.3, 0.4) is 0 Å². The molecule has 0 saturated carbocycles. The van der Waals surface area contributed by atoms with Crippen molar-refractivity contribution < 1.29 is 15.0 Å². The third kappa shape index (κ3) is 3.75. The van der Waals surface area contributed by atoms with E-state index in [2.05, 4.69) is 16.5 Å². The van der Waals surface area contributed by atoms with Crippen LogP contribution in [0.2, 0.25) is 0 Å². The van der Waals surface area contributed by atoms with Crippen molar-refractivity contribution in [2.24, 2.45) is 0 Å². The molecule has 1 heterocycles. The van der Waals surface area contributed by atoms with E-state index in [0.717, 1.165) is 0 Å². The van der Waals surface area contributed by atoms with Gasteiger partial charge in [-0.15, -0.1) is 6.58 Å². The van der Waals surface area contributed by atoms with Gasteiger partial charge in [0.1, 0.15) is 5.82 Å². The third-order valence-electron chi connectivity index (χ3n) is 2.57. The smallest absolute Gasteiger partial charge is 0.356 e. The molecule has 1 aromatic rings. The highest BCUT2D eigenvalue weighted by atomic mass is 16.4.